The number of carbonyl (C=O) groups is 1. The van der Waals surface area contributed by atoms with Crippen molar-refractivity contribution in [3.05, 3.63) is 11.6 Å². The molecule has 3 heteroatoms. The Labute approximate surface area is 73.3 Å². The number of nitrogens with two attached hydrogens (primary N) is 1. The first kappa shape index (κ1) is 11.2. The number of rotatable bonds is 3. The molecule has 0 spiro atoms. The van der Waals surface area contributed by atoms with E-state index in [1.807, 2.05) is 13.8 Å². The minimum absolute atomic E-state index is 0.404. The summed E-state index contributed by atoms with van der Waals surface area (Å²) in [6, 6.07) is 0. The summed E-state index contributed by atoms with van der Waals surface area (Å²) in [6.07, 6.45) is 1.20. The van der Waals surface area contributed by atoms with E-state index in [1.165, 1.54) is 0 Å². The topological polar surface area (TPSA) is 63.3 Å². The maximum atomic E-state index is 10.7. The molecule has 1 unspecified atom stereocenters. The average molecular weight is 171 g/mol. The van der Waals surface area contributed by atoms with Gasteiger partial charge in [0.1, 0.15) is 0 Å². The van der Waals surface area contributed by atoms with Crippen molar-refractivity contribution in [2.24, 2.45) is 11.1 Å². The third-order valence-corrected chi connectivity index (χ3v) is 2.05. The van der Waals surface area contributed by atoms with Crippen LogP contribution in [0.3, 0.4) is 0 Å². The van der Waals surface area contributed by atoms with Crippen molar-refractivity contribution in [2.45, 2.75) is 33.8 Å². The van der Waals surface area contributed by atoms with E-state index < -0.39 is 17.4 Å². The molecule has 0 radical (unpaired) electrons. The van der Waals surface area contributed by atoms with Crippen LogP contribution in [0.2, 0.25) is 0 Å². The van der Waals surface area contributed by atoms with E-state index in [0.717, 1.165) is 0 Å². The van der Waals surface area contributed by atoms with Gasteiger partial charge < -0.3 is 10.8 Å². The molecule has 0 aromatic rings. The van der Waals surface area contributed by atoms with E-state index in [9.17, 15) is 9.90 Å². The average Bonchev–Trinajstić information content (AvgIpc) is 1.85. The molecule has 0 bridgehead atoms. The Bertz CT molecular complexity index is 205. The van der Waals surface area contributed by atoms with Gasteiger partial charge in [-0.2, -0.15) is 0 Å². The van der Waals surface area contributed by atoms with Gasteiger partial charge in [-0.05, 0) is 13.8 Å². The Kier molecular flexibility index (Phi) is 3.46. The van der Waals surface area contributed by atoms with Crippen LogP contribution >= 0.6 is 0 Å². The predicted octanol–water partition coefficient (Wildman–Crippen LogP) is 0.825. The van der Waals surface area contributed by atoms with E-state index in [2.05, 4.69) is 0 Å². The Morgan fingerprint density at radius 1 is 1.58 bits per heavy atom. The van der Waals surface area contributed by atoms with Crippen LogP contribution in [0.4, 0.5) is 0 Å². The van der Waals surface area contributed by atoms with Crippen molar-refractivity contribution < 1.29 is 9.90 Å². The lowest BCUT2D eigenvalue weighted by molar-refractivity contribution is -0.114. The van der Waals surface area contributed by atoms with Gasteiger partial charge in [0, 0.05) is 11.0 Å². The molecule has 0 fully saturated rings. The Morgan fingerprint density at radius 3 is 2.25 bits per heavy atom. The highest BCUT2D eigenvalue weighted by Gasteiger charge is 2.21. The second-order valence-corrected chi connectivity index (χ2v) is 3.69. The summed E-state index contributed by atoms with van der Waals surface area (Å²) in [6.45, 7) is 7.03. The normalized spacial score (nSPS) is 15.9. The van der Waals surface area contributed by atoms with Gasteiger partial charge >= 0.3 is 0 Å². The minimum atomic E-state index is -0.494. The molecular formula is C9H17NO2. The number of amides is 1. The smallest absolute Gasteiger partial charge is 0.244 e. The molecule has 0 saturated heterocycles. The van der Waals surface area contributed by atoms with Gasteiger partial charge in [0.25, 0.3) is 0 Å². The first-order valence-electron chi connectivity index (χ1n) is 3.94. The number of primary amides is 1. The van der Waals surface area contributed by atoms with E-state index in [1.54, 1.807) is 19.9 Å². The van der Waals surface area contributed by atoms with Gasteiger partial charge in [0.05, 0.1) is 6.10 Å². The van der Waals surface area contributed by atoms with E-state index in [-0.39, 0.29) is 0 Å². The van der Waals surface area contributed by atoms with Crippen molar-refractivity contribution in [1.82, 2.24) is 0 Å². The molecular weight excluding hydrogens is 154 g/mol. The number of hydrogen-bond acceptors (Lipinski definition) is 2. The molecule has 12 heavy (non-hydrogen) atoms. The molecule has 0 aromatic heterocycles. The van der Waals surface area contributed by atoms with Crippen molar-refractivity contribution in [1.29, 1.82) is 0 Å². The van der Waals surface area contributed by atoms with E-state index in [4.69, 9.17) is 5.73 Å². The summed E-state index contributed by atoms with van der Waals surface area (Å²) >= 11 is 0. The number of hydrogen-bond donors (Lipinski definition) is 2. The fraction of sp³-hybridized carbons (Fsp3) is 0.667. The SMILES string of the molecule is CC(=CC(C)(C)C(C)O)C(N)=O. The molecule has 1 atom stereocenters. The number of aliphatic hydroxyl groups is 1. The highest BCUT2D eigenvalue weighted by atomic mass is 16.3. The fourth-order valence-corrected chi connectivity index (χ4v) is 0.750. The molecule has 0 aliphatic carbocycles. The maximum Gasteiger partial charge on any atom is 0.244 e. The second-order valence-electron chi connectivity index (χ2n) is 3.69. The zero-order valence-corrected chi connectivity index (χ0v) is 8.09. The lowest BCUT2D eigenvalue weighted by atomic mass is 9.85. The first-order chi connectivity index (χ1) is 5.27. The van der Waals surface area contributed by atoms with Crippen molar-refractivity contribution >= 4 is 5.91 Å². The third-order valence-electron chi connectivity index (χ3n) is 2.05. The van der Waals surface area contributed by atoms with Crippen LogP contribution in [-0.2, 0) is 4.79 Å². The molecule has 0 aliphatic rings. The van der Waals surface area contributed by atoms with Crippen LogP contribution in [0, 0.1) is 5.41 Å². The van der Waals surface area contributed by atoms with Gasteiger partial charge in [-0.3, -0.25) is 4.79 Å². The van der Waals surface area contributed by atoms with Crippen LogP contribution in [-0.4, -0.2) is 17.1 Å². The van der Waals surface area contributed by atoms with Gasteiger partial charge in [0.2, 0.25) is 5.91 Å². The Hall–Kier alpha value is -0.830. The lowest BCUT2D eigenvalue weighted by Crippen LogP contribution is -2.26. The van der Waals surface area contributed by atoms with Gasteiger partial charge in [-0.15, -0.1) is 0 Å². The monoisotopic (exact) mass is 171 g/mol. The second kappa shape index (κ2) is 3.72. The molecule has 0 aromatic carbocycles. The van der Waals surface area contributed by atoms with E-state index in [0.29, 0.717) is 5.57 Å². The molecule has 70 valence electrons. The molecule has 3 N–H and O–H groups in total. The maximum absolute atomic E-state index is 10.7. The van der Waals surface area contributed by atoms with Crippen LogP contribution in [0.25, 0.3) is 0 Å². The van der Waals surface area contributed by atoms with Crippen molar-refractivity contribution in [3.8, 4) is 0 Å². The molecule has 0 rings (SSSR count). The highest BCUT2D eigenvalue weighted by Crippen LogP contribution is 2.23. The standard InChI is InChI=1S/C9H17NO2/c1-6(8(10)12)5-9(3,4)7(2)11/h5,7,11H,1-4H3,(H2,10,12). The summed E-state index contributed by atoms with van der Waals surface area (Å²) in [5.41, 5.74) is 5.14. The summed E-state index contributed by atoms with van der Waals surface area (Å²) in [7, 11) is 0. The lowest BCUT2D eigenvalue weighted by Gasteiger charge is -2.24. The van der Waals surface area contributed by atoms with Gasteiger partial charge in [-0.1, -0.05) is 19.9 Å². The summed E-state index contributed by atoms with van der Waals surface area (Å²) in [5.74, 6) is -0.441. The predicted molar refractivity (Wildman–Crippen MR) is 48.4 cm³/mol. The molecule has 0 saturated carbocycles. The zero-order chi connectivity index (χ0) is 9.94. The highest BCUT2D eigenvalue weighted by molar-refractivity contribution is 5.91. The minimum Gasteiger partial charge on any atom is -0.393 e. The summed E-state index contributed by atoms with van der Waals surface area (Å²) in [4.78, 5) is 10.7. The van der Waals surface area contributed by atoms with Gasteiger partial charge in [-0.25, -0.2) is 0 Å². The Balaban J connectivity index is 4.61. The van der Waals surface area contributed by atoms with Crippen molar-refractivity contribution in [2.75, 3.05) is 0 Å². The van der Waals surface area contributed by atoms with Gasteiger partial charge in [0.15, 0.2) is 0 Å². The van der Waals surface area contributed by atoms with E-state index >= 15 is 0 Å². The third kappa shape index (κ3) is 3.05. The molecule has 1 amide bonds. The van der Waals surface area contributed by atoms with Crippen LogP contribution < -0.4 is 5.73 Å². The van der Waals surface area contributed by atoms with Crippen molar-refractivity contribution in [3.63, 3.8) is 0 Å². The largest absolute Gasteiger partial charge is 0.393 e. The first-order valence-corrected chi connectivity index (χ1v) is 3.94. The molecule has 0 heterocycles. The summed E-state index contributed by atoms with van der Waals surface area (Å²) in [5, 5.41) is 9.31. The number of carbonyl (C=O) groups excluding carboxylic acids is 1. The quantitative estimate of drug-likeness (QED) is 0.618. The van der Waals surface area contributed by atoms with Crippen LogP contribution in [0.1, 0.15) is 27.7 Å². The van der Waals surface area contributed by atoms with Crippen LogP contribution in [0.5, 0.6) is 0 Å². The zero-order valence-electron chi connectivity index (χ0n) is 8.09. The Morgan fingerprint density at radius 2 is 2.00 bits per heavy atom. The fourth-order valence-electron chi connectivity index (χ4n) is 0.750. The summed E-state index contributed by atoms with van der Waals surface area (Å²) < 4.78 is 0. The van der Waals surface area contributed by atoms with Crippen LogP contribution in [0.15, 0.2) is 11.6 Å². The molecule has 0 aliphatic heterocycles. The number of aliphatic hydroxyl groups excluding tert-OH is 1. The molecule has 3 nitrogen and oxygen atoms in total.